The van der Waals surface area contributed by atoms with Crippen LogP contribution in [0.1, 0.15) is 49.5 Å². The van der Waals surface area contributed by atoms with Crippen molar-refractivity contribution in [2.24, 2.45) is 0 Å². The highest BCUT2D eigenvalue weighted by Crippen LogP contribution is 2.13. The molecule has 0 atom stereocenters. The van der Waals surface area contributed by atoms with Crippen LogP contribution in [0.25, 0.3) is 0 Å². The van der Waals surface area contributed by atoms with Crippen molar-refractivity contribution in [2.45, 2.75) is 45.6 Å². The van der Waals surface area contributed by atoms with Crippen LogP contribution < -0.4 is 0 Å². The van der Waals surface area contributed by atoms with Crippen molar-refractivity contribution in [1.82, 2.24) is 0 Å². The van der Waals surface area contributed by atoms with Crippen LogP contribution in [0.2, 0.25) is 0 Å². The molecule has 0 radical (unpaired) electrons. The summed E-state index contributed by atoms with van der Waals surface area (Å²) in [4.78, 5) is 11.8. The summed E-state index contributed by atoms with van der Waals surface area (Å²) in [6.07, 6.45) is 2.70. The van der Waals surface area contributed by atoms with E-state index in [-0.39, 0.29) is 12.6 Å². The minimum absolute atomic E-state index is 0.232. The van der Waals surface area contributed by atoms with E-state index < -0.39 is 5.60 Å². The third-order valence-electron chi connectivity index (χ3n) is 2.46. The lowest BCUT2D eigenvalue weighted by molar-refractivity contribution is 0.00695. The number of aliphatic hydroxyl groups is 1. The first-order valence-electron chi connectivity index (χ1n) is 6.35. The summed E-state index contributed by atoms with van der Waals surface area (Å²) in [6, 6.07) is 7.47. The Balaban J connectivity index is 2.57. The average Bonchev–Trinajstić information content (AvgIpc) is 2.28. The number of carbonyl (C=O) groups is 1. The van der Waals surface area contributed by atoms with Crippen LogP contribution in [0, 0.1) is 0 Å². The Kier molecular flexibility index (Phi) is 5.35. The highest BCUT2D eigenvalue weighted by molar-refractivity contribution is 5.89. The number of esters is 1. The molecule has 18 heavy (non-hydrogen) atoms. The van der Waals surface area contributed by atoms with E-state index in [0.717, 1.165) is 19.3 Å². The zero-order valence-electron chi connectivity index (χ0n) is 11.4. The second kappa shape index (κ2) is 6.55. The average molecular weight is 250 g/mol. The van der Waals surface area contributed by atoms with Crippen molar-refractivity contribution >= 4 is 5.97 Å². The van der Waals surface area contributed by atoms with E-state index >= 15 is 0 Å². The van der Waals surface area contributed by atoms with Crippen LogP contribution in [-0.4, -0.2) is 23.3 Å². The summed E-state index contributed by atoms with van der Waals surface area (Å²) in [6.45, 7) is 5.80. The molecule has 0 spiro atoms. The predicted octanol–water partition coefficient (Wildman–Crippen LogP) is 2.96. The smallest absolute Gasteiger partial charge is 0.338 e. The van der Waals surface area contributed by atoms with Crippen molar-refractivity contribution in [3.63, 3.8) is 0 Å². The quantitative estimate of drug-likeness (QED) is 0.645. The fraction of sp³-hybridized carbons (Fsp3) is 0.533. The van der Waals surface area contributed by atoms with E-state index in [0.29, 0.717) is 5.56 Å². The number of ether oxygens (including phenoxy) is 1. The van der Waals surface area contributed by atoms with Crippen LogP contribution in [-0.2, 0) is 11.2 Å². The van der Waals surface area contributed by atoms with Gasteiger partial charge in [0.05, 0.1) is 5.56 Å². The van der Waals surface area contributed by atoms with Crippen molar-refractivity contribution < 1.29 is 14.6 Å². The molecular formula is C15H22O3. The molecular weight excluding hydrogens is 228 g/mol. The molecule has 0 aliphatic rings. The second-order valence-corrected chi connectivity index (χ2v) is 5.38. The second-order valence-electron chi connectivity index (χ2n) is 5.38. The fourth-order valence-electron chi connectivity index (χ4n) is 1.59. The molecule has 0 aliphatic heterocycles. The Morgan fingerprint density at radius 3 is 2.28 bits per heavy atom. The summed E-state index contributed by atoms with van der Waals surface area (Å²) < 4.78 is 5.29. The molecule has 1 aromatic carbocycles. The van der Waals surface area contributed by atoms with Crippen LogP contribution in [0.4, 0.5) is 0 Å². The van der Waals surface area contributed by atoms with Crippen molar-refractivity contribution in [3.8, 4) is 0 Å². The van der Waals surface area contributed by atoms with Gasteiger partial charge in [-0.1, -0.05) is 12.1 Å². The number of aryl methyl sites for hydroxylation is 1. The topological polar surface area (TPSA) is 46.5 Å². The molecule has 0 heterocycles. The lowest BCUT2D eigenvalue weighted by atomic mass is 10.1. The molecule has 1 aromatic rings. The summed E-state index contributed by atoms with van der Waals surface area (Å²) in [5, 5.41) is 8.71. The van der Waals surface area contributed by atoms with Crippen LogP contribution in [0.3, 0.4) is 0 Å². The van der Waals surface area contributed by atoms with E-state index in [9.17, 15) is 4.79 Å². The molecule has 100 valence electrons. The van der Waals surface area contributed by atoms with Gasteiger partial charge in [-0.05, 0) is 57.7 Å². The zero-order valence-corrected chi connectivity index (χ0v) is 11.4. The van der Waals surface area contributed by atoms with Crippen molar-refractivity contribution in [1.29, 1.82) is 0 Å². The zero-order chi connectivity index (χ0) is 13.6. The maximum absolute atomic E-state index is 11.8. The van der Waals surface area contributed by atoms with E-state index in [1.54, 1.807) is 12.1 Å². The lowest BCUT2D eigenvalue weighted by Crippen LogP contribution is -2.23. The van der Waals surface area contributed by atoms with Crippen LogP contribution in [0.5, 0.6) is 0 Å². The van der Waals surface area contributed by atoms with Gasteiger partial charge in [0.2, 0.25) is 0 Å². The van der Waals surface area contributed by atoms with Gasteiger partial charge in [0.1, 0.15) is 5.60 Å². The normalized spacial score (nSPS) is 11.3. The van der Waals surface area contributed by atoms with E-state index in [1.165, 1.54) is 5.56 Å². The van der Waals surface area contributed by atoms with Crippen LogP contribution >= 0.6 is 0 Å². The Labute approximate surface area is 109 Å². The lowest BCUT2D eigenvalue weighted by Gasteiger charge is -2.19. The molecule has 0 saturated heterocycles. The molecule has 1 N–H and O–H groups in total. The third kappa shape index (κ3) is 5.32. The van der Waals surface area contributed by atoms with Gasteiger partial charge in [0.15, 0.2) is 0 Å². The molecule has 3 nitrogen and oxygen atoms in total. The Morgan fingerprint density at radius 2 is 1.78 bits per heavy atom. The number of unbranched alkanes of at least 4 members (excludes halogenated alkanes) is 1. The van der Waals surface area contributed by atoms with Gasteiger partial charge in [-0.15, -0.1) is 0 Å². The summed E-state index contributed by atoms with van der Waals surface area (Å²) >= 11 is 0. The highest BCUT2D eigenvalue weighted by Gasteiger charge is 2.17. The Bertz CT molecular complexity index is 374. The van der Waals surface area contributed by atoms with Crippen LogP contribution in [0.15, 0.2) is 24.3 Å². The van der Waals surface area contributed by atoms with Gasteiger partial charge < -0.3 is 9.84 Å². The first-order valence-corrected chi connectivity index (χ1v) is 6.35. The monoisotopic (exact) mass is 250 g/mol. The largest absolute Gasteiger partial charge is 0.456 e. The first-order chi connectivity index (χ1) is 8.42. The molecule has 0 amide bonds. The van der Waals surface area contributed by atoms with Gasteiger partial charge in [-0.2, -0.15) is 0 Å². The third-order valence-corrected chi connectivity index (χ3v) is 2.46. The molecule has 1 rings (SSSR count). The maximum atomic E-state index is 11.8. The van der Waals surface area contributed by atoms with Gasteiger partial charge in [-0.25, -0.2) is 4.79 Å². The molecule has 0 fully saturated rings. The Morgan fingerprint density at radius 1 is 1.17 bits per heavy atom. The number of rotatable bonds is 5. The van der Waals surface area contributed by atoms with E-state index in [1.807, 2.05) is 32.9 Å². The minimum atomic E-state index is -0.461. The number of benzene rings is 1. The minimum Gasteiger partial charge on any atom is -0.456 e. The van der Waals surface area contributed by atoms with Gasteiger partial charge >= 0.3 is 5.97 Å². The van der Waals surface area contributed by atoms with Crippen molar-refractivity contribution in [2.75, 3.05) is 6.61 Å². The number of hydrogen-bond donors (Lipinski definition) is 1. The van der Waals surface area contributed by atoms with Gasteiger partial charge in [-0.3, -0.25) is 0 Å². The molecule has 0 aromatic heterocycles. The molecule has 0 bridgehead atoms. The standard InChI is InChI=1S/C15H22O3/c1-15(2,3)18-14(17)13-9-7-12(8-10-13)6-4-5-11-16/h7-10,16H,4-6,11H2,1-3H3. The first kappa shape index (κ1) is 14.7. The summed E-state index contributed by atoms with van der Waals surface area (Å²) in [5.74, 6) is -0.288. The van der Waals surface area contributed by atoms with E-state index in [2.05, 4.69) is 0 Å². The van der Waals surface area contributed by atoms with Crippen molar-refractivity contribution in [3.05, 3.63) is 35.4 Å². The van der Waals surface area contributed by atoms with Gasteiger partial charge in [0, 0.05) is 6.61 Å². The Hall–Kier alpha value is -1.35. The predicted molar refractivity (Wildman–Crippen MR) is 71.6 cm³/mol. The summed E-state index contributed by atoms with van der Waals surface area (Å²) in [7, 11) is 0. The van der Waals surface area contributed by atoms with E-state index in [4.69, 9.17) is 9.84 Å². The maximum Gasteiger partial charge on any atom is 0.338 e. The molecule has 3 heteroatoms. The summed E-state index contributed by atoms with van der Waals surface area (Å²) in [5.41, 5.74) is 1.29. The molecule has 0 aliphatic carbocycles. The SMILES string of the molecule is CC(C)(C)OC(=O)c1ccc(CCCCO)cc1. The molecule has 0 saturated carbocycles. The number of hydrogen-bond acceptors (Lipinski definition) is 3. The van der Waals surface area contributed by atoms with Gasteiger partial charge in [0.25, 0.3) is 0 Å². The number of aliphatic hydroxyl groups excluding tert-OH is 1. The molecule has 0 unspecified atom stereocenters. The number of carbonyl (C=O) groups excluding carboxylic acids is 1. The highest BCUT2D eigenvalue weighted by atomic mass is 16.6. The fourth-order valence-corrected chi connectivity index (χ4v) is 1.59.